The van der Waals surface area contributed by atoms with Crippen molar-refractivity contribution in [1.82, 2.24) is 15.6 Å². The lowest BCUT2D eigenvalue weighted by atomic mass is 10.1. The summed E-state index contributed by atoms with van der Waals surface area (Å²) in [7, 11) is 0. The highest BCUT2D eigenvalue weighted by molar-refractivity contribution is 5.83. The van der Waals surface area contributed by atoms with E-state index in [1.54, 1.807) is 0 Å². The van der Waals surface area contributed by atoms with E-state index in [9.17, 15) is 4.79 Å². The Hall–Kier alpha value is -1.85. The molecular weight excluding hydrogens is 278 g/mol. The van der Waals surface area contributed by atoms with Gasteiger partial charge in [-0.25, -0.2) is 0 Å². The van der Waals surface area contributed by atoms with Gasteiger partial charge >= 0.3 is 0 Å². The average Bonchev–Trinajstić information content (AvgIpc) is 3.19. The number of rotatable bonds is 7. The highest BCUT2D eigenvalue weighted by Crippen LogP contribution is 2.17. The molecule has 1 aromatic carbocycles. The third-order valence-corrected chi connectivity index (χ3v) is 4.08. The van der Waals surface area contributed by atoms with E-state index in [0.29, 0.717) is 13.1 Å². The molecule has 1 fully saturated rings. The van der Waals surface area contributed by atoms with E-state index in [1.807, 2.05) is 18.3 Å². The number of para-hydroxylation sites is 1. The summed E-state index contributed by atoms with van der Waals surface area (Å²) in [5.41, 5.74) is 2.44. The van der Waals surface area contributed by atoms with Crippen LogP contribution in [0.2, 0.25) is 0 Å². The zero-order valence-corrected chi connectivity index (χ0v) is 12.7. The number of benzene rings is 1. The molecule has 1 saturated heterocycles. The van der Waals surface area contributed by atoms with Crippen LogP contribution in [0.15, 0.2) is 30.5 Å². The number of carbonyl (C=O) groups excluding carboxylic acids is 1. The molecule has 2 heterocycles. The molecular formula is C17H23N3O2. The van der Waals surface area contributed by atoms with Gasteiger partial charge in [-0.1, -0.05) is 18.2 Å². The van der Waals surface area contributed by atoms with Crippen LogP contribution in [-0.2, 0) is 16.0 Å². The smallest absolute Gasteiger partial charge is 0.234 e. The largest absolute Gasteiger partial charge is 0.376 e. The number of amides is 1. The fourth-order valence-corrected chi connectivity index (χ4v) is 2.86. The van der Waals surface area contributed by atoms with Crippen molar-refractivity contribution in [2.75, 3.05) is 26.2 Å². The number of aromatic amines is 1. The van der Waals surface area contributed by atoms with Gasteiger partial charge in [0.25, 0.3) is 0 Å². The molecule has 0 saturated carbocycles. The van der Waals surface area contributed by atoms with Gasteiger partial charge in [-0.15, -0.1) is 0 Å². The molecule has 22 heavy (non-hydrogen) atoms. The van der Waals surface area contributed by atoms with Crippen LogP contribution in [0.5, 0.6) is 0 Å². The first-order valence-electron chi connectivity index (χ1n) is 7.97. The van der Waals surface area contributed by atoms with Crippen LogP contribution < -0.4 is 10.6 Å². The van der Waals surface area contributed by atoms with Crippen LogP contribution in [0.3, 0.4) is 0 Å². The Labute approximate surface area is 130 Å². The summed E-state index contributed by atoms with van der Waals surface area (Å²) in [4.78, 5) is 15.0. The summed E-state index contributed by atoms with van der Waals surface area (Å²) in [6, 6.07) is 8.27. The number of aromatic nitrogens is 1. The second-order valence-corrected chi connectivity index (χ2v) is 5.73. The van der Waals surface area contributed by atoms with Gasteiger partial charge in [0.05, 0.1) is 12.6 Å². The molecule has 1 amide bonds. The molecule has 0 bridgehead atoms. The molecule has 1 aliphatic rings. The number of hydrogen-bond donors (Lipinski definition) is 3. The van der Waals surface area contributed by atoms with Crippen molar-refractivity contribution in [3.63, 3.8) is 0 Å². The molecule has 1 atom stereocenters. The van der Waals surface area contributed by atoms with E-state index in [1.165, 1.54) is 10.9 Å². The molecule has 5 nitrogen and oxygen atoms in total. The lowest BCUT2D eigenvalue weighted by Gasteiger charge is -2.11. The quantitative estimate of drug-likeness (QED) is 0.681. The summed E-state index contributed by atoms with van der Waals surface area (Å²) >= 11 is 0. The van der Waals surface area contributed by atoms with Gasteiger partial charge < -0.3 is 20.4 Å². The fourth-order valence-electron chi connectivity index (χ4n) is 2.86. The molecule has 1 aliphatic heterocycles. The molecule has 5 heteroatoms. The number of H-pyrrole nitrogens is 1. The lowest BCUT2D eigenvalue weighted by Crippen LogP contribution is -2.38. The van der Waals surface area contributed by atoms with Crippen molar-refractivity contribution < 1.29 is 9.53 Å². The molecule has 0 aliphatic carbocycles. The minimum Gasteiger partial charge on any atom is -0.376 e. The van der Waals surface area contributed by atoms with E-state index in [-0.39, 0.29) is 12.0 Å². The Bertz CT molecular complexity index is 617. The summed E-state index contributed by atoms with van der Waals surface area (Å²) in [5.74, 6) is 0.0365. The Morgan fingerprint density at radius 3 is 3.14 bits per heavy atom. The molecule has 3 rings (SSSR count). The highest BCUT2D eigenvalue weighted by atomic mass is 16.5. The fraction of sp³-hybridized carbons (Fsp3) is 0.471. The SMILES string of the molecule is O=C(CNCCc1c[nH]c2ccccc12)NCC1CCCO1. The van der Waals surface area contributed by atoms with E-state index in [4.69, 9.17) is 4.74 Å². The normalized spacial score (nSPS) is 17.9. The van der Waals surface area contributed by atoms with Gasteiger partial charge in [0.2, 0.25) is 5.91 Å². The zero-order valence-electron chi connectivity index (χ0n) is 12.7. The number of fused-ring (bicyclic) bond motifs is 1. The van der Waals surface area contributed by atoms with Crippen LogP contribution in [-0.4, -0.2) is 43.2 Å². The summed E-state index contributed by atoms with van der Waals surface area (Å²) < 4.78 is 5.48. The first kappa shape index (κ1) is 15.1. The third-order valence-electron chi connectivity index (χ3n) is 4.08. The van der Waals surface area contributed by atoms with Crippen LogP contribution in [0.1, 0.15) is 18.4 Å². The molecule has 1 aromatic heterocycles. The van der Waals surface area contributed by atoms with Crippen molar-refractivity contribution in [1.29, 1.82) is 0 Å². The Morgan fingerprint density at radius 2 is 2.27 bits per heavy atom. The van der Waals surface area contributed by atoms with E-state index >= 15 is 0 Å². The second kappa shape index (κ2) is 7.42. The van der Waals surface area contributed by atoms with Gasteiger partial charge in [0.15, 0.2) is 0 Å². The number of ether oxygens (including phenoxy) is 1. The van der Waals surface area contributed by atoms with E-state index < -0.39 is 0 Å². The minimum atomic E-state index is 0.0365. The van der Waals surface area contributed by atoms with Crippen LogP contribution >= 0.6 is 0 Å². The monoisotopic (exact) mass is 301 g/mol. The van der Waals surface area contributed by atoms with E-state index in [0.717, 1.165) is 37.9 Å². The lowest BCUT2D eigenvalue weighted by molar-refractivity contribution is -0.120. The number of carbonyl (C=O) groups is 1. The summed E-state index contributed by atoms with van der Waals surface area (Å²) in [5, 5.41) is 7.37. The van der Waals surface area contributed by atoms with Crippen LogP contribution in [0.4, 0.5) is 0 Å². The number of hydrogen-bond acceptors (Lipinski definition) is 3. The predicted molar refractivity (Wildman–Crippen MR) is 86.9 cm³/mol. The van der Waals surface area contributed by atoms with Gasteiger partial charge in [-0.2, -0.15) is 0 Å². The topological polar surface area (TPSA) is 66.2 Å². The molecule has 118 valence electrons. The maximum atomic E-state index is 11.7. The van der Waals surface area contributed by atoms with Crippen LogP contribution in [0, 0.1) is 0 Å². The maximum absolute atomic E-state index is 11.7. The molecule has 0 radical (unpaired) electrons. The summed E-state index contributed by atoms with van der Waals surface area (Å²) in [6.45, 7) is 2.59. The van der Waals surface area contributed by atoms with Crippen molar-refractivity contribution in [2.45, 2.75) is 25.4 Å². The standard InChI is InChI=1S/C17H23N3O2/c21-17(20-11-14-4-3-9-22-14)12-18-8-7-13-10-19-16-6-2-1-5-15(13)16/h1-2,5-6,10,14,18-19H,3-4,7-9,11-12H2,(H,20,21). The van der Waals surface area contributed by atoms with Crippen molar-refractivity contribution in [2.24, 2.45) is 0 Å². The summed E-state index contributed by atoms with van der Waals surface area (Å²) in [6.07, 6.45) is 5.31. The molecule has 3 N–H and O–H groups in total. The highest BCUT2D eigenvalue weighted by Gasteiger charge is 2.15. The van der Waals surface area contributed by atoms with Gasteiger partial charge in [0.1, 0.15) is 0 Å². The first-order chi connectivity index (χ1) is 10.8. The predicted octanol–water partition coefficient (Wildman–Crippen LogP) is 1.60. The molecule has 2 aromatic rings. The van der Waals surface area contributed by atoms with Crippen molar-refractivity contribution in [3.05, 3.63) is 36.0 Å². The Kier molecular flexibility index (Phi) is 5.08. The van der Waals surface area contributed by atoms with Crippen LogP contribution in [0.25, 0.3) is 10.9 Å². The average molecular weight is 301 g/mol. The zero-order chi connectivity index (χ0) is 15.2. The van der Waals surface area contributed by atoms with Gasteiger partial charge in [-0.3, -0.25) is 4.79 Å². The Balaban J connectivity index is 1.35. The second-order valence-electron chi connectivity index (χ2n) is 5.73. The minimum absolute atomic E-state index is 0.0365. The third kappa shape index (κ3) is 3.87. The first-order valence-corrected chi connectivity index (χ1v) is 7.97. The maximum Gasteiger partial charge on any atom is 0.234 e. The van der Waals surface area contributed by atoms with Gasteiger partial charge in [0, 0.05) is 30.3 Å². The van der Waals surface area contributed by atoms with E-state index in [2.05, 4.69) is 27.8 Å². The Morgan fingerprint density at radius 1 is 1.36 bits per heavy atom. The number of nitrogens with one attached hydrogen (secondary N) is 3. The van der Waals surface area contributed by atoms with Gasteiger partial charge in [-0.05, 0) is 37.4 Å². The van der Waals surface area contributed by atoms with Crippen molar-refractivity contribution >= 4 is 16.8 Å². The molecule has 0 spiro atoms. The molecule has 1 unspecified atom stereocenters. The van der Waals surface area contributed by atoms with Crippen molar-refractivity contribution in [3.8, 4) is 0 Å².